The first kappa shape index (κ1) is 12.9. The molecule has 0 amide bonds. The Morgan fingerprint density at radius 1 is 1.11 bits per heavy atom. The summed E-state index contributed by atoms with van der Waals surface area (Å²) < 4.78 is 5.43. The Hall–Kier alpha value is -1.58. The maximum Gasteiger partial charge on any atom is 0.129 e. The molecule has 1 atom stereocenters. The van der Waals surface area contributed by atoms with E-state index in [9.17, 15) is 0 Å². The van der Waals surface area contributed by atoms with E-state index in [2.05, 4.69) is 43.4 Å². The van der Waals surface area contributed by atoms with Gasteiger partial charge in [-0.1, -0.05) is 29.8 Å². The summed E-state index contributed by atoms with van der Waals surface area (Å²) in [5.41, 5.74) is 2.53. The molecular formula is C15H19NO2. The number of furan rings is 1. The Balaban J connectivity index is 1.91. The van der Waals surface area contributed by atoms with Crippen LogP contribution in [0.1, 0.15) is 35.6 Å². The summed E-state index contributed by atoms with van der Waals surface area (Å²) in [5, 5.41) is 12.3. The fraction of sp³-hybridized carbons (Fsp3) is 0.333. The van der Waals surface area contributed by atoms with Crippen molar-refractivity contribution in [3.05, 3.63) is 59.0 Å². The molecule has 96 valence electrons. The van der Waals surface area contributed by atoms with Crippen LogP contribution in [0.15, 0.2) is 40.8 Å². The largest absolute Gasteiger partial charge is 0.462 e. The molecule has 0 saturated heterocycles. The van der Waals surface area contributed by atoms with Crippen molar-refractivity contribution in [1.29, 1.82) is 0 Å². The molecule has 0 fully saturated rings. The number of benzene rings is 1. The lowest BCUT2D eigenvalue weighted by Crippen LogP contribution is -2.17. The van der Waals surface area contributed by atoms with E-state index in [0.717, 1.165) is 5.76 Å². The van der Waals surface area contributed by atoms with E-state index in [0.29, 0.717) is 12.3 Å². The molecule has 1 heterocycles. The van der Waals surface area contributed by atoms with Gasteiger partial charge in [-0.25, -0.2) is 0 Å². The lowest BCUT2D eigenvalue weighted by atomic mass is 10.1. The number of aryl methyl sites for hydroxylation is 1. The highest BCUT2D eigenvalue weighted by molar-refractivity contribution is 5.23. The summed E-state index contributed by atoms with van der Waals surface area (Å²) in [6.07, 6.45) is 0. The Labute approximate surface area is 107 Å². The zero-order chi connectivity index (χ0) is 13.0. The van der Waals surface area contributed by atoms with E-state index < -0.39 is 0 Å². The maximum atomic E-state index is 8.92. The van der Waals surface area contributed by atoms with Gasteiger partial charge in [0.1, 0.15) is 18.1 Å². The highest BCUT2D eigenvalue weighted by Crippen LogP contribution is 2.14. The highest BCUT2D eigenvalue weighted by atomic mass is 16.4. The van der Waals surface area contributed by atoms with Crippen LogP contribution in [0.5, 0.6) is 0 Å². The van der Waals surface area contributed by atoms with E-state index in [4.69, 9.17) is 9.52 Å². The van der Waals surface area contributed by atoms with Gasteiger partial charge in [-0.2, -0.15) is 0 Å². The van der Waals surface area contributed by atoms with Gasteiger partial charge in [0.25, 0.3) is 0 Å². The number of hydrogen-bond donors (Lipinski definition) is 2. The van der Waals surface area contributed by atoms with Crippen LogP contribution in [0, 0.1) is 6.92 Å². The molecule has 0 unspecified atom stereocenters. The number of rotatable bonds is 5. The van der Waals surface area contributed by atoms with Crippen LogP contribution in [-0.2, 0) is 13.2 Å². The third-order valence-electron chi connectivity index (χ3n) is 3.03. The minimum atomic E-state index is -0.0481. The van der Waals surface area contributed by atoms with Gasteiger partial charge in [-0.3, -0.25) is 0 Å². The van der Waals surface area contributed by atoms with E-state index in [1.807, 2.05) is 6.07 Å². The quantitative estimate of drug-likeness (QED) is 0.851. The van der Waals surface area contributed by atoms with Gasteiger partial charge in [0.15, 0.2) is 0 Å². The fourth-order valence-corrected chi connectivity index (χ4v) is 1.83. The number of aliphatic hydroxyl groups is 1. The highest BCUT2D eigenvalue weighted by Gasteiger charge is 2.06. The van der Waals surface area contributed by atoms with E-state index in [1.54, 1.807) is 6.07 Å². The Bertz CT molecular complexity index is 487. The number of nitrogens with one attached hydrogen (secondary N) is 1. The molecule has 0 aliphatic carbocycles. The molecular weight excluding hydrogens is 226 g/mol. The predicted molar refractivity (Wildman–Crippen MR) is 71.1 cm³/mol. The predicted octanol–water partition coefficient (Wildman–Crippen LogP) is 2.93. The molecule has 0 radical (unpaired) electrons. The topological polar surface area (TPSA) is 45.4 Å². The Morgan fingerprint density at radius 2 is 1.78 bits per heavy atom. The van der Waals surface area contributed by atoms with Crippen molar-refractivity contribution >= 4 is 0 Å². The van der Waals surface area contributed by atoms with Crippen molar-refractivity contribution in [2.24, 2.45) is 0 Å². The van der Waals surface area contributed by atoms with Crippen LogP contribution >= 0.6 is 0 Å². The van der Waals surface area contributed by atoms with Crippen molar-refractivity contribution < 1.29 is 9.52 Å². The SMILES string of the molecule is Cc1ccc([C@@H](C)NCc2ccc(CO)o2)cc1. The van der Waals surface area contributed by atoms with Crippen LogP contribution in [0.25, 0.3) is 0 Å². The lowest BCUT2D eigenvalue weighted by molar-refractivity contribution is 0.242. The molecule has 18 heavy (non-hydrogen) atoms. The van der Waals surface area contributed by atoms with Crippen molar-refractivity contribution in [3.8, 4) is 0 Å². The van der Waals surface area contributed by atoms with Gasteiger partial charge < -0.3 is 14.8 Å². The van der Waals surface area contributed by atoms with Crippen LogP contribution in [0.2, 0.25) is 0 Å². The smallest absolute Gasteiger partial charge is 0.129 e. The van der Waals surface area contributed by atoms with Crippen LogP contribution in [0.3, 0.4) is 0 Å². The van der Waals surface area contributed by atoms with E-state index in [-0.39, 0.29) is 12.6 Å². The first-order valence-corrected chi connectivity index (χ1v) is 6.17. The first-order valence-electron chi connectivity index (χ1n) is 6.17. The Morgan fingerprint density at radius 3 is 2.39 bits per heavy atom. The van der Waals surface area contributed by atoms with Crippen molar-refractivity contribution in [2.45, 2.75) is 33.0 Å². The molecule has 2 aromatic rings. The van der Waals surface area contributed by atoms with E-state index >= 15 is 0 Å². The summed E-state index contributed by atoms with van der Waals surface area (Å²) in [6.45, 7) is 4.82. The van der Waals surface area contributed by atoms with Gasteiger partial charge in [0, 0.05) is 6.04 Å². The second kappa shape index (κ2) is 5.85. The summed E-state index contributed by atoms with van der Waals surface area (Å²) in [6, 6.07) is 12.5. The second-order valence-electron chi connectivity index (χ2n) is 4.54. The molecule has 3 nitrogen and oxygen atoms in total. The molecule has 1 aromatic carbocycles. The van der Waals surface area contributed by atoms with Crippen LogP contribution in [-0.4, -0.2) is 5.11 Å². The summed E-state index contributed by atoms with van der Waals surface area (Å²) >= 11 is 0. The first-order chi connectivity index (χ1) is 8.69. The lowest BCUT2D eigenvalue weighted by Gasteiger charge is -2.13. The molecule has 0 aliphatic rings. The zero-order valence-corrected chi connectivity index (χ0v) is 10.8. The Kier molecular flexibility index (Phi) is 4.18. The molecule has 0 spiro atoms. The second-order valence-corrected chi connectivity index (χ2v) is 4.54. The molecule has 1 aromatic heterocycles. The monoisotopic (exact) mass is 245 g/mol. The van der Waals surface area contributed by atoms with Gasteiger partial charge >= 0.3 is 0 Å². The molecule has 0 aliphatic heterocycles. The molecule has 0 bridgehead atoms. The summed E-state index contributed by atoms with van der Waals surface area (Å²) in [7, 11) is 0. The fourth-order valence-electron chi connectivity index (χ4n) is 1.83. The minimum absolute atomic E-state index is 0.0481. The summed E-state index contributed by atoms with van der Waals surface area (Å²) in [5.74, 6) is 1.45. The van der Waals surface area contributed by atoms with E-state index in [1.165, 1.54) is 11.1 Å². The van der Waals surface area contributed by atoms with Gasteiger partial charge in [-0.05, 0) is 31.5 Å². The average molecular weight is 245 g/mol. The molecule has 0 saturated carbocycles. The third kappa shape index (κ3) is 3.22. The number of aliphatic hydroxyl groups excluding tert-OH is 1. The average Bonchev–Trinajstić information content (AvgIpc) is 2.85. The summed E-state index contributed by atoms with van der Waals surface area (Å²) in [4.78, 5) is 0. The van der Waals surface area contributed by atoms with Crippen molar-refractivity contribution in [1.82, 2.24) is 5.32 Å². The van der Waals surface area contributed by atoms with Crippen molar-refractivity contribution in [3.63, 3.8) is 0 Å². The van der Waals surface area contributed by atoms with Crippen LogP contribution in [0.4, 0.5) is 0 Å². The number of hydrogen-bond acceptors (Lipinski definition) is 3. The van der Waals surface area contributed by atoms with Gasteiger partial charge in [0.05, 0.1) is 6.54 Å². The third-order valence-corrected chi connectivity index (χ3v) is 3.03. The maximum absolute atomic E-state index is 8.92. The minimum Gasteiger partial charge on any atom is -0.462 e. The molecule has 3 heteroatoms. The van der Waals surface area contributed by atoms with Gasteiger partial charge in [0.2, 0.25) is 0 Å². The molecule has 2 N–H and O–H groups in total. The standard InChI is InChI=1S/C15H19NO2/c1-11-3-5-13(6-4-11)12(2)16-9-14-7-8-15(10-17)18-14/h3-8,12,16-17H,9-10H2,1-2H3/t12-/m1/s1. The van der Waals surface area contributed by atoms with Gasteiger partial charge in [-0.15, -0.1) is 0 Å². The van der Waals surface area contributed by atoms with Crippen LogP contribution < -0.4 is 5.32 Å². The van der Waals surface area contributed by atoms with Crippen molar-refractivity contribution in [2.75, 3.05) is 0 Å². The normalized spacial score (nSPS) is 12.6. The molecule has 2 rings (SSSR count). The zero-order valence-electron chi connectivity index (χ0n) is 10.8.